The molecule has 1 unspecified atom stereocenters. The first kappa shape index (κ1) is 16.3. The first-order valence-electron chi connectivity index (χ1n) is 8.26. The minimum absolute atomic E-state index is 0.0138. The highest BCUT2D eigenvalue weighted by Crippen LogP contribution is 2.31. The average Bonchev–Trinajstić information content (AvgIpc) is 3.09. The molecule has 5 nitrogen and oxygen atoms in total. The Balaban J connectivity index is 1.61. The SMILES string of the molecule is CCC(CNC(=O)c1ccc2c(c1)NC(=O)CS2)N1CCCC1. The third kappa shape index (κ3) is 3.87. The Morgan fingerprint density at radius 2 is 2.17 bits per heavy atom. The highest BCUT2D eigenvalue weighted by atomic mass is 32.2. The molecule has 2 aliphatic heterocycles. The van der Waals surface area contributed by atoms with Gasteiger partial charge in [-0.05, 0) is 50.6 Å². The van der Waals surface area contributed by atoms with E-state index in [2.05, 4.69) is 22.5 Å². The van der Waals surface area contributed by atoms with Gasteiger partial charge in [0.25, 0.3) is 5.91 Å². The molecule has 0 bridgehead atoms. The van der Waals surface area contributed by atoms with E-state index >= 15 is 0 Å². The predicted octanol–water partition coefficient (Wildman–Crippen LogP) is 2.34. The van der Waals surface area contributed by atoms with Gasteiger partial charge < -0.3 is 10.6 Å². The minimum Gasteiger partial charge on any atom is -0.350 e. The first-order valence-corrected chi connectivity index (χ1v) is 9.25. The number of rotatable bonds is 5. The van der Waals surface area contributed by atoms with Crippen molar-refractivity contribution in [3.8, 4) is 0 Å². The number of fused-ring (bicyclic) bond motifs is 1. The zero-order chi connectivity index (χ0) is 16.2. The van der Waals surface area contributed by atoms with Gasteiger partial charge in [0.05, 0.1) is 11.4 Å². The zero-order valence-corrected chi connectivity index (χ0v) is 14.2. The summed E-state index contributed by atoms with van der Waals surface area (Å²) in [4.78, 5) is 27.3. The number of thioether (sulfide) groups is 1. The molecule has 2 N–H and O–H groups in total. The number of carbonyl (C=O) groups excluding carboxylic acids is 2. The molecule has 1 aromatic rings. The van der Waals surface area contributed by atoms with E-state index in [-0.39, 0.29) is 11.8 Å². The van der Waals surface area contributed by atoms with Crippen LogP contribution < -0.4 is 10.6 Å². The monoisotopic (exact) mass is 333 g/mol. The van der Waals surface area contributed by atoms with Crippen LogP contribution in [0.3, 0.4) is 0 Å². The van der Waals surface area contributed by atoms with Gasteiger partial charge in [0.1, 0.15) is 0 Å². The van der Waals surface area contributed by atoms with Crippen LogP contribution in [0.15, 0.2) is 23.1 Å². The molecule has 1 aromatic carbocycles. The van der Waals surface area contributed by atoms with Crippen LogP contribution >= 0.6 is 11.8 Å². The molecular formula is C17H23N3O2S. The van der Waals surface area contributed by atoms with Crippen molar-refractivity contribution < 1.29 is 9.59 Å². The molecule has 2 heterocycles. The van der Waals surface area contributed by atoms with E-state index < -0.39 is 0 Å². The van der Waals surface area contributed by atoms with Gasteiger partial charge in [0, 0.05) is 23.0 Å². The van der Waals surface area contributed by atoms with Crippen molar-refractivity contribution in [3.05, 3.63) is 23.8 Å². The van der Waals surface area contributed by atoms with Gasteiger partial charge in [0.15, 0.2) is 0 Å². The molecule has 2 amide bonds. The number of nitrogens with one attached hydrogen (secondary N) is 2. The van der Waals surface area contributed by atoms with Crippen molar-refractivity contribution in [3.63, 3.8) is 0 Å². The number of hydrogen-bond acceptors (Lipinski definition) is 4. The summed E-state index contributed by atoms with van der Waals surface area (Å²) in [5.41, 5.74) is 1.34. The second-order valence-corrected chi connectivity index (χ2v) is 7.08. The van der Waals surface area contributed by atoms with E-state index in [1.807, 2.05) is 12.1 Å². The summed E-state index contributed by atoms with van der Waals surface area (Å²) in [5.74, 6) is 0.349. The fourth-order valence-electron chi connectivity index (χ4n) is 3.18. The smallest absolute Gasteiger partial charge is 0.251 e. The summed E-state index contributed by atoms with van der Waals surface area (Å²) in [6, 6.07) is 5.92. The Hall–Kier alpha value is -1.53. The number of nitrogens with zero attached hydrogens (tertiary/aromatic N) is 1. The molecule has 0 radical (unpaired) electrons. The first-order chi connectivity index (χ1) is 11.2. The van der Waals surface area contributed by atoms with Gasteiger partial charge in [-0.15, -0.1) is 11.8 Å². The van der Waals surface area contributed by atoms with Gasteiger partial charge in [0.2, 0.25) is 5.91 Å². The number of hydrogen-bond donors (Lipinski definition) is 2. The van der Waals surface area contributed by atoms with Crippen LogP contribution in [-0.2, 0) is 4.79 Å². The molecule has 0 aliphatic carbocycles. The van der Waals surface area contributed by atoms with Crippen LogP contribution in [0.1, 0.15) is 36.5 Å². The molecule has 1 saturated heterocycles. The second kappa shape index (κ2) is 7.36. The zero-order valence-electron chi connectivity index (χ0n) is 13.4. The molecule has 124 valence electrons. The molecule has 0 saturated carbocycles. The maximum Gasteiger partial charge on any atom is 0.251 e. The molecule has 23 heavy (non-hydrogen) atoms. The molecule has 0 aromatic heterocycles. The lowest BCUT2D eigenvalue weighted by atomic mass is 10.1. The van der Waals surface area contributed by atoms with Crippen molar-refractivity contribution in [1.29, 1.82) is 0 Å². The summed E-state index contributed by atoms with van der Waals surface area (Å²) in [6.07, 6.45) is 3.55. The maximum atomic E-state index is 12.4. The molecule has 0 spiro atoms. The summed E-state index contributed by atoms with van der Waals surface area (Å²) in [7, 11) is 0. The van der Waals surface area contributed by atoms with Gasteiger partial charge in [-0.3, -0.25) is 14.5 Å². The van der Waals surface area contributed by atoms with E-state index in [9.17, 15) is 9.59 Å². The van der Waals surface area contributed by atoms with E-state index in [4.69, 9.17) is 0 Å². The number of carbonyl (C=O) groups is 2. The molecule has 3 rings (SSSR count). The Labute approximate surface area is 141 Å². The lowest BCUT2D eigenvalue weighted by Crippen LogP contribution is -2.42. The summed E-state index contributed by atoms with van der Waals surface area (Å²) in [5, 5.41) is 5.87. The van der Waals surface area contributed by atoms with Gasteiger partial charge in [-0.25, -0.2) is 0 Å². The second-order valence-electron chi connectivity index (χ2n) is 6.06. The van der Waals surface area contributed by atoms with E-state index in [1.54, 1.807) is 6.07 Å². The Kier molecular flexibility index (Phi) is 5.23. The van der Waals surface area contributed by atoms with Gasteiger partial charge in [-0.2, -0.15) is 0 Å². The van der Waals surface area contributed by atoms with Crippen molar-refractivity contribution in [1.82, 2.24) is 10.2 Å². The molecular weight excluding hydrogens is 310 g/mol. The average molecular weight is 333 g/mol. The van der Waals surface area contributed by atoms with Crippen molar-refractivity contribution in [2.24, 2.45) is 0 Å². The molecule has 6 heteroatoms. The normalized spacial score (nSPS) is 19.1. The van der Waals surface area contributed by atoms with Crippen LogP contribution in [0, 0.1) is 0 Å². The highest BCUT2D eigenvalue weighted by Gasteiger charge is 2.22. The third-order valence-corrected chi connectivity index (χ3v) is 5.57. The quantitative estimate of drug-likeness (QED) is 0.868. The van der Waals surface area contributed by atoms with Crippen molar-refractivity contribution >= 4 is 29.3 Å². The summed E-state index contributed by atoms with van der Waals surface area (Å²) >= 11 is 1.51. The van der Waals surface area contributed by atoms with Crippen LogP contribution in [0.5, 0.6) is 0 Å². The van der Waals surface area contributed by atoms with Gasteiger partial charge >= 0.3 is 0 Å². The van der Waals surface area contributed by atoms with Crippen LogP contribution in [-0.4, -0.2) is 48.1 Å². The van der Waals surface area contributed by atoms with Crippen molar-refractivity contribution in [2.75, 3.05) is 30.7 Å². The van der Waals surface area contributed by atoms with Crippen LogP contribution in [0.25, 0.3) is 0 Å². The Morgan fingerprint density at radius 1 is 1.39 bits per heavy atom. The molecule has 2 aliphatic rings. The van der Waals surface area contributed by atoms with Crippen LogP contribution in [0.2, 0.25) is 0 Å². The summed E-state index contributed by atoms with van der Waals surface area (Å²) in [6.45, 7) is 5.11. The maximum absolute atomic E-state index is 12.4. The lowest BCUT2D eigenvalue weighted by Gasteiger charge is -2.26. The topological polar surface area (TPSA) is 61.4 Å². The molecule has 1 atom stereocenters. The minimum atomic E-state index is -0.0738. The predicted molar refractivity (Wildman–Crippen MR) is 93.0 cm³/mol. The largest absolute Gasteiger partial charge is 0.350 e. The fraction of sp³-hybridized carbons (Fsp3) is 0.529. The van der Waals surface area contributed by atoms with Crippen LogP contribution in [0.4, 0.5) is 5.69 Å². The highest BCUT2D eigenvalue weighted by molar-refractivity contribution is 8.00. The Morgan fingerprint density at radius 3 is 2.91 bits per heavy atom. The number of benzene rings is 1. The third-order valence-electron chi connectivity index (χ3n) is 4.50. The van der Waals surface area contributed by atoms with E-state index in [0.29, 0.717) is 23.9 Å². The van der Waals surface area contributed by atoms with E-state index in [1.165, 1.54) is 24.6 Å². The van der Waals surface area contributed by atoms with Crippen molar-refractivity contribution in [2.45, 2.75) is 37.1 Å². The van der Waals surface area contributed by atoms with Gasteiger partial charge in [-0.1, -0.05) is 6.92 Å². The number of likely N-dealkylation sites (tertiary alicyclic amines) is 1. The van der Waals surface area contributed by atoms with E-state index in [0.717, 1.165) is 30.1 Å². The number of anilines is 1. The fourth-order valence-corrected chi connectivity index (χ4v) is 3.96. The Bertz CT molecular complexity index is 600. The lowest BCUT2D eigenvalue weighted by molar-refractivity contribution is -0.113. The summed E-state index contributed by atoms with van der Waals surface area (Å²) < 4.78 is 0. The standard InChI is InChI=1S/C17H23N3O2S/c1-2-13(20-7-3-4-8-20)10-18-17(22)12-5-6-15-14(9-12)19-16(21)11-23-15/h5-6,9,13H,2-4,7-8,10-11H2,1H3,(H,18,22)(H,19,21). The number of amides is 2. The molecule has 1 fully saturated rings.